The molecule has 0 radical (unpaired) electrons. The third-order valence-corrected chi connectivity index (χ3v) is 3.61. The van der Waals surface area contributed by atoms with Crippen molar-refractivity contribution in [2.45, 2.75) is 45.4 Å². The van der Waals surface area contributed by atoms with Crippen LogP contribution >= 0.6 is 0 Å². The van der Waals surface area contributed by atoms with Crippen LogP contribution in [0.3, 0.4) is 0 Å². The van der Waals surface area contributed by atoms with E-state index in [4.69, 9.17) is 14.2 Å². The number of ether oxygens (including phenoxy) is 3. The molecule has 0 spiro atoms. The molecule has 2 rings (SSSR count). The quantitative estimate of drug-likeness (QED) is 0.869. The molecular weight excluding hydrogens is 254 g/mol. The van der Waals surface area contributed by atoms with E-state index in [0.717, 1.165) is 24.5 Å². The van der Waals surface area contributed by atoms with E-state index in [9.17, 15) is 0 Å². The second-order valence-electron chi connectivity index (χ2n) is 5.93. The van der Waals surface area contributed by atoms with Gasteiger partial charge in [-0.25, -0.2) is 0 Å². The molecule has 0 fully saturated rings. The van der Waals surface area contributed by atoms with Gasteiger partial charge in [-0.15, -0.1) is 0 Å². The van der Waals surface area contributed by atoms with Gasteiger partial charge in [0.2, 0.25) is 0 Å². The van der Waals surface area contributed by atoms with Crippen molar-refractivity contribution in [1.82, 2.24) is 5.32 Å². The van der Waals surface area contributed by atoms with E-state index in [1.807, 2.05) is 6.07 Å². The number of methoxy groups -OCH3 is 1. The Bertz CT molecular complexity index is 445. The van der Waals surface area contributed by atoms with E-state index in [-0.39, 0.29) is 5.60 Å². The van der Waals surface area contributed by atoms with E-state index in [1.54, 1.807) is 7.11 Å². The molecule has 1 heterocycles. The standard InChI is InChI=1S/C16H25NO3/c1-12(10-16(2,3)18-4)17-11-13-5-6-14-15(9-13)20-8-7-19-14/h5-6,9,12,17H,7-8,10-11H2,1-4H3. The van der Waals surface area contributed by atoms with Gasteiger partial charge < -0.3 is 19.5 Å². The predicted octanol–water partition coefficient (Wildman–Crippen LogP) is 2.75. The first-order valence-corrected chi connectivity index (χ1v) is 7.17. The minimum absolute atomic E-state index is 0.0980. The van der Waals surface area contributed by atoms with Crippen molar-refractivity contribution in [2.24, 2.45) is 0 Å². The van der Waals surface area contributed by atoms with Crippen LogP contribution in [0.2, 0.25) is 0 Å². The molecule has 0 aliphatic carbocycles. The predicted molar refractivity (Wildman–Crippen MR) is 79.4 cm³/mol. The van der Waals surface area contributed by atoms with Crippen LogP contribution in [0, 0.1) is 0 Å². The smallest absolute Gasteiger partial charge is 0.161 e. The zero-order valence-corrected chi connectivity index (χ0v) is 12.9. The van der Waals surface area contributed by atoms with Gasteiger partial charge in [0.05, 0.1) is 5.60 Å². The third-order valence-electron chi connectivity index (χ3n) is 3.61. The normalized spacial score (nSPS) is 16.0. The fraction of sp³-hybridized carbons (Fsp3) is 0.625. The highest BCUT2D eigenvalue weighted by Crippen LogP contribution is 2.30. The molecule has 4 nitrogen and oxygen atoms in total. The van der Waals surface area contributed by atoms with Crippen LogP contribution < -0.4 is 14.8 Å². The summed E-state index contributed by atoms with van der Waals surface area (Å²) in [6.07, 6.45) is 0.966. The van der Waals surface area contributed by atoms with E-state index in [1.165, 1.54) is 5.56 Å². The lowest BCUT2D eigenvalue weighted by molar-refractivity contribution is 0.00844. The molecule has 1 aliphatic rings. The van der Waals surface area contributed by atoms with Gasteiger partial charge in [-0.2, -0.15) is 0 Å². The van der Waals surface area contributed by atoms with Gasteiger partial charge in [-0.3, -0.25) is 0 Å². The maximum atomic E-state index is 5.60. The molecule has 1 unspecified atom stereocenters. The SMILES string of the molecule is COC(C)(C)CC(C)NCc1ccc2c(c1)OCCO2. The largest absolute Gasteiger partial charge is 0.486 e. The van der Waals surface area contributed by atoms with Gasteiger partial charge in [0.25, 0.3) is 0 Å². The Hall–Kier alpha value is -1.26. The van der Waals surface area contributed by atoms with Crippen LogP contribution in [-0.2, 0) is 11.3 Å². The minimum atomic E-state index is -0.0980. The lowest BCUT2D eigenvalue weighted by Crippen LogP contribution is -2.35. The van der Waals surface area contributed by atoms with Gasteiger partial charge in [0.1, 0.15) is 13.2 Å². The van der Waals surface area contributed by atoms with E-state index >= 15 is 0 Å². The molecule has 0 amide bonds. The van der Waals surface area contributed by atoms with Crippen LogP contribution in [-0.4, -0.2) is 32.0 Å². The molecule has 4 heteroatoms. The summed E-state index contributed by atoms with van der Waals surface area (Å²) in [7, 11) is 1.76. The fourth-order valence-corrected chi connectivity index (χ4v) is 2.38. The van der Waals surface area contributed by atoms with Crippen molar-refractivity contribution in [2.75, 3.05) is 20.3 Å². The highest BCUT2D eigenvalue weighted by Gasteiger charge is 2.20. The van der Waals surface area contributed by atoms with Gasteiger partial charge in [-0.1, -0.05) is 6.07 Å². The monoisotopic (exact) mass is 279 g/mol. The molecule has 1 aliphatic heterocycles. The van der Waals surface area contributed by atoms with Crippen LogP contribution in [0.1, 0.15) is 32.8 Å². The molecule has 20 heavy (non-hydrogen) atoms. The van der Waals surface area contributed by atoms with E-state index in [0.29, 0.717) is 19.3 Å². The highest BCUT2D eigenvalue weighted by molar-refractivity contribution is 5.43. The molecule has 1 aromatic carbocycles. The summed E-state index contributed by atoms with van der Waals surface area (Å²) in [4.78, 5) is 0. The summed E-state index contributed by atoms with van der Waals surface area (Å²) < 4.78 is 16.6. The summed E-state index contributed by atoms with van der Waals surface area (Å²) in [6.45, 7) is 8.47. The zero-order valence-electron chi connectivity index (χ0n) is 12.9. The lowest BCUT2D eigenvalue weighted by Gasteiger charge is -2.27. The summed E-state index contributed by atoms with van der Waals surface area (Å²) in [5.74, 6) is 1.69. The highest BCUT2D eigenvalue weighted by atomic mass is 16.6. The Morgan fingerprint density at radius 2 is 1.95 bits per heavy atom. The molecule has 0 bridgehead atoms. The van der Waals surface area contributed by atoms with Crippen molar-refractivity contribution in [3.8, 4) is 11.5 Å². The van der Waals surface area contributed by atoms with E-state index in [2.05, 4.69) is 38.2 Å². The Balaban J connectivity index is 1.88. The average molecular weight is 279 g/mol. The van der Waals surface area contributed by atoms with Gasteiger partial charge >= 0.3 is 0 Å². The maximum Gasteiger partial charge on any atom is 0.161 e. The number of hydrogen-bond acceptors (Lipinski definition) is 4. The topological polar surface area (TPSA) is 39.7 Å². The number of fused-ring (bicyclic) bond motifs is 1. The molecular formula is C16H25NO3. The van der Waals surface area contributed by atoms with Crippen LogP contribution in [0.4, 0.5) is 0 Å². The summed E-state index contributed by atoms with van der Waals surface area (Å²) >= 11 is 0. The molecule has 1 N–H and O–H groups in total. The molecule has 1 aromatic rings. The van der Waals surface area contributed by atoms with Gasteiger partial charge in [0.15, 0.2) is 11.5 Å². The number of benzene rings is 1. The Morgan fingerprint density at radius 1 is 1.25 bits per heavy atom. The van der Waals surface area contributed by atoms with Crippen LogP contribution in [0.15, 0.2) is 18.2 Å². The minimum Gasteiger partial charge on any atom is -0.486 e. The first-order chi connectivity index (χ1) is 9.50. The molecule has 0 aromatic heterocycles. The Morgan fingerprint density at radius 3 is 2.65 bits per heavy atom. The lowest BCUT2D eigenvalue weighted by atomic mass is 9.99. The second kappa shape index (κ2) is 6.46. The van der Waals surface area contributed by atoms with Crippen molar-refractivity contribution < 1.29 is 14.2 Å². The van der Waals surface area contributed by atoms with Crippen LogP contribution in [0.5, 0.6) is 11.5 Å². The molecule has 112 valence electrons. The van der Waals surface area contributed by atoms with E-state index < -0.39 is 0 Å². The fourth-order valence-electron chi connectivity index (χ4n) is 2.38. The Labute approximate surface area is 121 Å². The van der Waals surface area contributed by atoms with Gasteiger partial charge in [-0.05, 0) is 44.9 Å². The average Bonchev–Trinajstić information content (AvgIpc) is 2.44. The number of nitrogens with one attached hydrogen (secondary N) is 1. The van der Waals surface area contributed by atoms with Crippen molar-refractivity contribution in [3.63, 3.8) is 0 Å². The van der Waals surface area contributed by atoms with Crippen molar-refractivity contribution in [1.29, 1.82) is 0 Å². The van der Waals surface area contributed by atoms with Crippen molar-refractivity contribution >= 4 is 0 Å². The van der Waals surface area contributed by atoms with Crippen molar-refractivity contribution in [3.05, 3.63) is 23.8 Å². The first kappa shape index (κ1) is 15.1. The summed E-state index contributed by atoms with van der Waals surface area (Å²) in [5, 5.41) is 3.52. The van der Waals surface area contributed by atoms with Gasteiger partial charge in [0, 0.05) is 19.7 Å². The maximum absolute atomic E-state index is 5.60. The molecule has 0 saturated carbocycles. The zero-order chi connectivity index (χ0) is 14.6. The summed E-state index contributed by atoms with van der Waals surface area (Å²) in [5.41, 5.74) is 1.11. The van der Waals surface area contributed by atoms with Crippen LogP contribution in [0.25, 0.3) is 0 Å². The first-order valence-electron chi connectivity index (χ1n) is 7.17. The Kier molecular flexibility index (Phi) is 4.89. The number of rotatable bonds is 6. The second-order valence-corrected chi connectivity index (χ2v) is 5.93. The third kappa shape index (κ3) is 4.12. The number of hydrogen-bond donors (Lipinski definition) is 1. The summed E-state index contributed by atoms with van der Waals surface area (Å²) in [6, 6.07) is 6.50. The molecule has 0 saturated heterocycles. The molecule has 1 atom stereocenters.